The Morgan fingerprint density at radius 1 is 1.38 bits per heavy atom. The van der Waals surface area contributed by atoms with Crippen LogP contribution in [0.2, 0.25) is 0 Å². The van der Waals surface area contributed by atoms with Crippen molar-refractivity contribution in [2.24, 2.45) is 0 Å². The first kappa shape index (κ1) is 11.6. The number of thioether (sulfide) groups is 1. The third kappa shape index (κ3) is 3.04. The number of aliphatic hydroxyl groups is 1. The highest BCUT2D eigenvalue weighted by Gasteiger charge is 2.08. The number of benzene rings is 1. The third-order valence-corrected chi connectivity index (χ3v) is 4.10. The standard InChI is InChI=1S/C11H12N2OS2/c1-8-2-4-9(5-3-8)10(14)6-15-11-13-12-7-16-11/h2-5,7,10,14H,6H2,1H3. The number of aliphatic hydroxyl groups excluding tert-OH is 1. The Hall–Kier alpha value is -0.910. The molecule has 1 atom stereocenters. The van der Waals surface area contributed by atoms with Crippen LogP contribution in [-0.2, 0) is 0 Å². The summed E-state index contributed by atoms with van der Waals surface area (Å²) < 4.78 is 0.895. The Balaban J connectivity index is 1.93. The summed E-state index contributed by atoms with van der Waals surface area (Å²) in [5, 5.41) is 17.6. The van der Waals surface area contributed by atoms with Crippen molar-refractivity contribution in [1.29, 1.82) is 0 Å². The minimum Gasteiger partial charge on any atom is -0.388 e. The van der Waals surface area contributed by atoms with Crippen LogP contribution in [0, 0.1) is 6.92 Å². The van der Waals surface area contributed by atoms with Crippen molar-refractivity contribution in [3.63, 3.8) is 0 Å². The quantitative estimate of drug-likeness (QED) is 0.850. The highest BCUT2D eigenvalue weighted by molar-refractivity contribution is 8.01. The molecule has 0 amide bonds. The molecule has 2 aromatic rings. The minimum atomic E-state index is -0.450. The Kier molecular flexibility index (Phi) is 3.93. The lowest BCUT2D eigenvalue weighted by molar-refractivity contribution is 0.204. The highest BCUT2D eigenvalue weighted by atomic mass is 32.2. The van der Waals surface area contributed by atoms with E-state index in [1.165, 1.54) is 28.7 Å². The van der Waals surface area contributed by atoms with E-state index in [2.05, 4.69) is 10.2 Å². The summed E-state index contributed by atoms with van der Waals surface area (Å²) in [5.41, 5.74) is 3.84. The lowest BCUT2D eigenvalue weighted by Gasteiger charge is -2.09. The zero-order valence-corrected chi connectivity index (χ0v) is 10.5. The average molecular weight is 252 g/mol. The van der Waals surface area contributed by atoms with E-state index in [-0.39, 0.29) is 0 Å². The van der Waals surface area contributed by atoms with E-state index < -0.39 is 6.10 Å². The van der Waals surface area contributed by atoms with Crippen molar-refractivity contribution in [3.8, 4) is 0 Å². The van der Waals surface area contributed by atoms with Gasteiger partial charge >= 0.3 is 0 Å². The van der Waals surface area contributed by atoms with Crippen LogP contribution >= 0.6 is 23.1 Å². The molecule has 0 aliphatic carbocycles. The van der Waals surface area contributed by atoms with Crippen molar-refractivity contribution >= 4 is 23.1 Å². The van der Waals surface area contributed by atoms with E-state index in [4.69, 9.17) is 0 Å². The smallest absolute Gasteiger partial charge is 0.174 e. The molecular weight excluding hydrogens is 240 g/mol. The van der Waals surface area contributed by atoms with Crippen molar-refractivity contribution in [1.82, 2.24) is 10.2 Å². The predicted octanol–water partition coefficient (Wildman–Crippen LogP) is 2.67. The van der Waals surface area contributed by atoms with Gasteiger partial charge in [0.05, 0.1) is 6.10 Å². The second-order valence-electron chi connectivity index (χ2n) is 3.44. The predicted molar refractivity (Wildman–Crippen MR) is 66.8 cm³/mol. The van der Waals surface area contributed by atoms with Gasteiger partial charge in [0.1, 0.15) is 5.51 Å². The maximum Gasteiger partial charge on any atom is 0.174 e. The number of aryl methyl sites for hydroxylation is 1. The minimum absolute atomic E-state index is 0.450. The summed E-state index contributed by atoms with van der Waals surface area (Å²) in [5.74, 6) is 0.609. The average Bonchev–Trinajstić information content (AvgIpc) is 2.80. The van der Waals surface area contributed by atoms with Crippen LogP contribution in [0.1, 0.15) is 17.2 Å². The fraction of sp³-hybridized carbons (Fsp3) is 0.273. The number of hydrogen-bond donors (Lipinski definition) is 1. The Morgan fingerprint density at radius 3 is 2.75 bits per heavy atom. The second kappa shape index (κ2) is 5.43. The molecule has 5 heteroatoms. The molecular formula is C11H12N2OS2. The molecule has 1 N–H and O–H groups in total. The Bertz CT molecular complexity index is 428. The van der Waals surface area contributed by atoms with Crippen molar-refractivity contribution in [2.45, 2.75) is 17.4 Å². The van der Waals surface area contributed by atoms with Gasteiger partial charge in [-0.2, -0.15) is 0 Å². The van der Waals surface area contributed by atoms with Gasteiger partial charge in [-0.25, -0.2) is 0 Å². The molecule has 2 rings (SSSR count). The zero-order valence-electron chi connectivity index (χ0n) is 8.83. The van der Waals surface area contributed by atoms with Crippen molar-refractivity contribution < 1.29 is 5.11 Å². The van der Waals surface area contributed by atoms with Gasteiger partial charge in [-0.1, -0.05) is 52.9 Å². The van der Waals surface area contributed by atoms with Gasteiger partial charge in [0, 0.05) is 5.75 Å². The fourth-order valence-electron chi connectivity index (χ4n) is 1.26. The molecule has 0 saturated heterocycles. The summed E-state index contributed by atoms with van der Waals surface area (Å²) in [6.45, 7) is 2.03. The molecule has 3 nitrogen and oxygen atoms in total. The van der Waals surface area contributed by atoms with E-state index in [9.17, 15) is 5.11 Å². The summed E-state index contributed by atoms with van der Waals surface area (Å²) >= 11 is 3.02. The van der Waals surface area contributed by atoms with Gasteiger partial charge in [0.15, 0.2) is 4.34 Å². The van der Waals surface area contributed by atoms with E-state index in [1.54, 1.807) is 5.51 Å². The molecule has 0 bridgehead atoms. The second-order valence-corrected chi connectivity index (χ2v) is 5.54. The Morgan fingerprint density at radius 2 is 2.12 bits per heavy atom. The van der Waals surface area contributed by atoms with Crippen LogP contribution < -0.4 is 0 Å². The van der Waals surface area contributed by atoms with Gasteiger partial charge in [0.25, 0.3) is 0 Å². The molecule has 16 heavy (non-hydrogen) atoms. The molecule has 0 radical (unpaired) electrons. The lowest BCUT2D eigenvalue weighted by Crippen LogP contribution is -2.00. The Labute approximate surface area is 103 Å². The number of nitrogens with zero attached hydrogens (tertiary/aromatic N) is 2. The van der Waals surface area contributed by atoms with Crippen LogP contribution in [0.5, 0.6) is 0 Å². The summed E-state index contributed by atoms with van der Waals surface area (Å²) in [4.78, 5) is 0. The van der Waals surface area contributed by atoms with Crippen LogP contribution in [0.4, 0.5) is 0 Å². The van der Waals surface area contributed by atoms with E-state index in [1.807, 2.05) is 31.2 Å². The number of rotatable bonds is 4. The molecule has 0 fully saturated rings. The van der Waals surface area contributed by atoms with Crippen LogP contribution in [0.3, 0.4) is 0 Å². The first-order valence-corrected chi connectivity index (χ1v) is 6.76. The van der Waals surface area contributed by atoms with E-state index in [0.29, 0.717) is 5.75 Å². The van der Waals surface area contributed by atoms with Gasteiger partial charge in [-0.05, 0) is 12.5 Å². The molecule has 84 valence electrons. The summed E-state index contributed by atoms with van der Waals surface area (Å²) in [6, 6.07) is 7.93. The molecule has 1 unspecified atom stereocenters. The molecule has 0 saturated carbocycles. The molecule has 1 heterocycles. The monoisotopic (exact) mass is 252 g/mol. The first-order chi connectivity index (χ1) is 7.75. The van der Waals surface area contributed by atoms with Crippen LogP contribution in [0.15, 0.2) is 34.1 Å². The van der Waals surface area contributed by atoms with Crippen molar-refractivity contribution in [3.05, 3.63) is 40.9 Å². The van der Waals surface area contributed by atoms with Gasteiger partial charge in [-0.3, -0.25) is 0 Å². The van der Waals surface area contributed by atoms with E-state index in [0.717, 1.165) is 9.90 Å². The van der Waals surface area contributed by atoms with E-state index >= 15 is 0 Å². The van der Waals surface area contributed by atoms with Crippen LogP contribution in [-0.4, -0.2) is 21.1 Å². The maximum atomic E-state index is 9.95. The lowest BCUT2D eigenvalue weighted by atomic mass is 10.1. The number of aromatic nitrogens is 2. The molecule has 0 spiro atoms. The maximum absolute atomic E-state index is 9.95. The zero-order chi connectivity index (χ0) is 11.4. The SMILES string of the molecule is Cc1ccc(C(O)CSc2nncs2)cc1. The van der Waals surface area contributed by atoms with Gasteiger partial charge in [0.2, 0.25) is 0 Å². The molecule has 1 aromatic carbocycles. The normalized spacial score (nSPS) is 12.6. The van der Waals surface area contributed by atoms with Gasteiger partial charge < -0.3 is 5.11 Å². The number of hydrogen-bond acceptors (Lipinski definition) is 5. The van der Waals surface area contributed by atoms with Gasteiger partial charge in [-0.15, -0.1) is 10.2 Å². The molecule has 0 aliphatic heterocycles. The van der Waals surface area contributed by atoms with Crippen LogP contribution in [0.25, 0.3) is 0 Å². The topological polar surface area (TPSA) is 46.0 Å². The third-order valence-electron chi connectivity index (χ3n) is 2.17. The summed E-state index contributed by atoms with van der Waals surface area (Å²) in [6.07, 6.45) is -0.450. The largest absolute Gasteiger partial charge is 0.388 e. The first-order valence-electron chi connectivity index (χ1n) is 4.89. The fourth-order valence-corrected chi connectivity index (χ4v) is 2.74. The highest BCUT2D eigenvalue weighted by Crippen LogP contribution is 2.25. The van der Waals surface area contributed by atoms with Crippen molar-refractivity contribution in [2.75, 3.05) is 5.75 Å². The molecule has 0 aliphatic rings. The summed E-state index contributed by atoms with van der Waals surface area (Å²) in [7, 11) is 0. The molecule has 1 aromatic heterocycles.